The molecule has 0 aliphatic rings. The highest BCUT2D eigenvalue weighted by Crippen LogP contribution is 2.19. The first-order chi connectivity index (χ1) is 10.1. The quantitative estimate of drug-likeness (QED) is 0.757. The van der Waals surface area contributed by atoms with Crippen molar-refractivity contribution in [3.63, 3.8) is 0 Å². The number of hydrogen-bond acceptors (Lipinski definition) is 4. The maximum atomic E-state index is 13.1. The fourth-order valence-electron chi connectivity index (χ4n) is 1.63. The third-order valence-corrected chi connectivity index (χ3v) is 3.60. The number of nitrogens with one attached hydrogen (secondary N) is 1. The zero-order valence-electron chi connectivity index (χ0n) is 11.0. The average Bonchev–Trinajstić information content (AvgIpc) is 2.93. The summed E-state index contributed by atoms with van der Waals surface area (Å²) in [5.41, 5.74) is 5.20. The molecule has 0 atom stereocenters. The highest BCUT2D eigenvalue weighted by atomic mass is 32.1. The molecule has 0 fully saturated rings. The molecule has 0 aliphatic heterocycles. The Morgan fingerprint density at radius 1 is 1.38 bits per heavy atom. The smallest absolute Gasteiger partial charge is 0.255 e. The number of carbonyl (C=O) groups is 1. The van der Waals surface area contributed by atoms with E-state index in [9.17, 15) is 14.3 Å². The van der Waals surface area contributed by atoms with Gasteiger partial charge in [-0.25, -0.2) is 4.39 Å². The van der Waals surface area contributed by atoms with Gasteiger partial charge >= 0.3 is 0 Å². The van der Waals surface area contributed by atoms with Crippen molar-refractivity contribution in [1.82, 2.24) is 5.32 Å². The lowest BCUT2D eigenvalue weighted by atomic mass is 10.2. The normalized spacial score (nSPS) is 9.81. The van der Waals surface area contributed by atoms with Gasteiger partial charge in [-0.1, -0.05) is 11.8 Å². The number of nitrogens with two attached hydrogens (primary N) is 1. The lowest BCUT2D eigenvalue weighted by Crippen LogP contribution is -2.22. The van der Waals surface area contributed by atoms with E-state index in [-0.39, 0.29) is 17.9 Å². The summed E-state index contributed by atoms with van der Waals surface area (Å²) < 4.78 is 13.1. The van der Waals surface area contributed by atoms with Gasteiger partial charge in [-0.2, -0.15) is 0 Å². The van der Waals surface area contributed by atoms with Gasteiger partial charge in [-0.15, -0.1) is 11.3 Å². The van der Waals surface area contributed by atoms with E-state index >= 15 is 0 Å². The Labute approximate surface area is 125 Å². The van der Waals surface area contributed by atoms with E-state index < -0.39 is 11.7 Å². The number of halogens is 1. The van der Waals surface area contributed by atoms with Gasteiger partial charge in [-0.05, 0) is 30.3 Å². The van der Waals surface area contributed by atoms with Crippen molar-refractivity contribution in [1.29, 1.82) is 0 Å². The third-order valence-electron chi connectivity index (χ3n) is 2.60. The Bertz CT molecular complexity index is 716. The number of benzene rings is 1. The van der Waals surface area contributed by atoms with Crippen molar-refractivity contribution in [2.24, 2.45) is 5.73 Å². The number of rotatable bonds is 3. The topological polar surface area (TPSA) is 75.3 Å². The van der Waals surface area contributed by atoms with Crippen molar-refractivity contribution in [3.05, 3.63) is 51.5 Å². The standard InChI is InChI=1S/C15H13FN2O2S/c16-10-3-6-14(19)13(8-10)15(20)18-9-12-5-4-11(21-12)2-1-7-17/h3-6,8,19H,7,9,17H2,(H,18,20). The van der Waals surface area contributed by atoms with Crippen LogP contribution in [0, 0.1) is 17.7 Å². The summed E-state index contributed by atoms with van der Waals surface area (Å²) in [6.07, 6.45) is 0. The van der Waals surface area contributed by atoms with Crippen molar-refractivity contribution >= 4 is 17.2 Å². The van der Waals surface area contributed by atoms with Crippen LogP contribution in [0.25, 0.3) is 0 Å². The number of carbonyl (C=O) groups excluding carboxylic acids is 1. The van der Waals surface area contributed by atoms with Gasteiger partial charge in [0.25, 0.3) is 5.91 Å². The molecule has 2 aromatic rings. The number of phenolic OH excluding ortho intramolecular Hbond substituents is 1. The van der Waals surface area contributed by atoms with Crippen molar-refractivity contribution in [2.45, 2.75) is 6.54 Å². The third kappa shape index (κ3) is 4.05. The van der Waals surface area contributed by atoms with Crippen LogP contribution in [-0.4, -0.2) is 17.6 Å². The van der Waals surface area contributed by atoms with Crippen molar-refractivity contribution in [2.75, 3.05) is 6.54 Å². The van der Waals surface area contributed by atoms with Crippen LogP contribution >= 0.6 is 11.3 Å². The van der Waals surface area contributed by atoms with Crippen molar-refractivity contribution in [3.8, 4) is 17.6 Å². The van der Waals surface area contributed by atoms with E-state index in [4.69, 9.17) is 5.73 Å². The maximum Gasteiger partial charge on any atom is 0.255 e. The molecule has 1 heterocycles. The molecule has 4 N–H and O–H groups in total. The van der Waals surface area contributed by atoms with Crippen LogP contribution in [0.3, 0.4) is 0 Å². The average molecular weight is 304 g/mol. The summed E-state index contributed by atoms with van der Waals surface area (Å²) in [6, 6.07) is 6.92. The SMILES string of the molecule is NCC#Cc1ccc(CNC(=O)c2cc(F)ccc2O)s1. The number of hydrogen-bond donors (Lipinski definition) is 3. The summed E-state index contributed by atoms with van der Waals surface area (Å²) in [5, 5.41) is 12.2. The van der Waals surface area contributed by atoms with Crippen LogP contribution in [0.15, 0.2) is 30.3 Å². The Morgan fingerprint density at radius 2 is 2.19 bits per heavy atom. The summed E-state index contributed by atoms with van der Waals surface area (Å²) in [5.74, 6) is 4.29. The van der Waals surface area contributed by atoms with Gasteiger partial charge in [0.2, 0.25) is 0 Å². The van der Waals surface area contributed by atoms with E-state index in [1.807, 2.05) is 12.1 Å². The lowest BCUT2D eigenvalue weighted by molar-refractivity contribution is 0.0948. The Kier molecular flexibility index (Phi) is 4.93. The van der Waals surface area contributed by atoms with Crippen LogP contribution < -0.4 is 11.1 Å². The molecule has 4 nitrogen and oxygen atoms in total. The molecule has 108 valence electrons. The molecular formula is C15H13FN2O2S. The van der Waals surface area contributed by atoms with E-state index in [1.165, 1.54) is 11.3 Å². The van der Waals surface area contributed by atoms with E-state index in [0.717, 1.165) is 28.0 Å². The second kappa shape index (κ2) is 6.88. The van der Waals surface area contributed by atoms with E-state index in [1.54, 1.807) is 0 Å². The summed E-state index contributed by atoms with van der Waals surface area (Å²) in [4.78, 5) is 13.7. The summed E-state index contributed by atoms with van der Waals surface area (Å²) >= 11 is 1.44. The predicted molar refractivity (Wildman–Crippen MR) is 79.5 cm³/mol. The molecule has 0 unspecified atom stereocenters. The maximum absolute atomic E-state index is 13.1. The minimum atomic E-state index is -0.576. The molecule has 6 heteroatoms. The van der Waals surface area contributed by atoms with Crippen LogP contribution in [0.4, 0.5) is 4.39 Å². The molecule has 0 bridgehead atoms. The largest absolute Gasteiger partial charge is 0.507 e. The van der Waals surface area contributed by atoms with Crippen LogP contribution in [0.5, 0.6) is 5.75 Å². The fourth-order valence-corrected chi connectivity index (χ4v) is 2.45. The summed E-state index contributed by atoms with van der Waals surface area (Å²) in [7, 11) is 0. The second-order valence-electron chi connectivity index (χ2n) is 4.12. The molecule has 1 aromatic heterocycles. The van der Waals surface area contributed by atoms with Gasteiger partial charge in [0.15, 0.2) is 0 Å². The first-order valence-corrected chi connectivity index (χ1v) is 6.96. The van der Waals surface area contributed by atoms with Gasteiger partial charge in [0.1, 0.15) is 11.6 Å². The molecule has 0 saturated carbocycles. The highest BCUT2D eigenvalue weighted by Gasteiger charge is 2.12. The molecular weight excluding hydrogens is 291 g/mol. The number of amides is 1. The Balaban J connectivity index is 2.01. The Morgan fingerprint density at radius 3 is 2.95 bits per heavy atom. The fraction of sp³-hybridized carbons (Fsp3) is 0.133. The predicted octanol–water partition coefficient (Wildman–Crippen LogP) is 1.83. The number of thiophene rings is 1. The first-order valence-electron chi connectivity index (χ1n) is 6.14. The second-order valence-corrected chi connectivity index (χ2v) is 5.28. The van der Waals surface area contributed by atoms with Crippen molar-refractivity contribution < 1.29 is 14.3 Å². The minimum absolute atomic E-state index is 0.0882. The zero-order valence-corrected chi connectivity index (χ0v) is 11.8. The molecule has 0 spiro atoms. The van der Waals surface area contributed by atoms with Gasteiger partial charge in [0.05, 0.1) is 23.5 Å². The number of phenols is 1. The monoisotopic (exact) mass is 304 g/mol. The zero-order chi connectivity index (χ0) is 15.2. The van der Waals surface area contributed by atoms with E-state index in [2.05, 4.69) is 17.2 Å². The van der Waals surface area contributed by atoms with Gasteiger partial charge in [0, 0.05) is 4.88 Å². The van der Waals surface area contributed by atoms with Gasteiger partial charge < -0.3 is 16.2 Å². The van der Waals surface area contributed by atoms with Crippen LogP contribution in [0.2, 0.25) is 0 Å². The van der Waals surface area contributed by atoms with E-state index in [0.29, 0.717) is 6.54 Å². The lowest BCUT2D eigenvalue weighted by Gasteiger charge is -2.05. The van der Waals surface area contributed by atoms with Crippen LogP contribution in [0.1, 0.15) is 20.1 Å². The van der Waals surface area contributed by atoms with Crippen LogP contribution in [-0.2, 0) is 6.54 Å². The minimum Gasteiger partial charge on any atom is -0.507 e. The molecule has 0 aliphatic carbocycles. The number of aromatic hydroxyl groups is 1. The van der Waals surface area contributed by atoms with Gasteiger partial charge in [-0.3, -0.25) is 4.79 Å². The molecule has 0 saturated heterocycles. The summed E-state index contributed by atoms with van der Waals surface area (Å²) in [6.45, 7) is 0.576. The molecule has 21 heavy (non-hydrogen) atoms. The molecule has 1 aromatic carbocycles. The highest BCUT2D eigenvalue weighted by molar-refractivity contribution is 7.12. The molecule has 0 radical (unpaired) electrons. The molecule has 2 rings (SSSR count). The first kappa shape index (κ1) is 15.0. The Hall–Kier alpha value is -2.36. The molecule has 1 amide bonds.